The molecule has 3 heterocycles. The second-order valence-corrected chi connectivity index (χ2v) is 15.3. The number of rotatable bonds is 6. The first-order chi connectivity index (χ1) is 27.8. The number of allylic oxidation sites excluding steroid dienone is 4. The molecule has 0 spiro atoms. The number of nitrogens with zero attached hydrogens (tertiary/aromatic N) is 4. The summed E-state index contributed by atoms with van der Waals surface area (Å²) < 4.78 is 5.07. The topological polar surface area (TPSA) is 43.6 Å². The Kier molecular flexibility index (Phi) is 7.78. The van der Waals surface area contributed by atoms with Gasteiger partial charge in [-0.1, -0.05) is 146 Å². The van der Waals surface area contributed by atoms with E-state index in [9.17, 15) is 0 Å². The van der Waals surface area contributed by atoms with Gasteiger partial charge < -0.3 is 4.57 Å². The molecule has 56 heavy (non-hydrogen) atoms. The quantitative estimate of drug-likeness (QED) is 0.171. The number of thiophene rings is 1. The van der Waals surface area contributed by atoms with E-state index in [2.05, 4.69) is 126 Å². The third kappa shape index (κ3) is 5.47. The summed E-state index contributed by atoms with van der Waals surface area (Å²) in [6.07, 6.45) is 9.18. The zero-order valence-electron chi connectivity index (χ0n) is 30.4. The van der Waals surface area contributed by atoms with Crippen LogP contribution in [-0.4, -0.2) is 19.5 Å². The molecule has 264 valence electrons. The minimum Gasteiger partial charge on any atom is -0.309 e. The lowest BCUT2D eigenvalue weighted by Gasteiger charge is -2.11. The average molecular weight is 735 g/mol. The molecule has 5 heteroatoms. The van der Waals surface area contributed by atoms with Crippen molar-refractivity contribution in [3.63, 3.8) is 0 Å². The van der Waals surface area contributed by atoms with E-state index >= 15 is 0 Å². The first-order valence-corrected chi connectivity index (χ1v) is 19.9. The molecule has 0 radical (unpaired) electrons. The summed E-state index contributed by atoms with van der Waals surface area (Å²) in [5.74, 6) is 1.95. The molecule has 1 aliphatic carbocycles. The molecule has 0 atom stereocenters. The number of hydrogen-bond donors (Lipinski definition) is 0. The predicted molar refractivity (Wildman–Crippen MR) is 235 cm³/mol. The molecule has 11 rings (SSSR count). The van der Waals surface area contributed by atoms with Crippen molar-refractivity contribution in [3.8, 4) is 51.0 Å². The van der Waals surface area contributed by atoms with Crippen LogP contribution in [0.3, 0.4) is 0 Å². The van der Waals surface area contributed by atoms with Crippen LogP contribution in [0, 0.1) is 0 Å². The van der Waals surface area contributed by atoms with Gasteiger partial charge in [0, 0.05) is 53.3 Å². The Labute approximate surface area is 328 Å². The number of fused-ring (bicyclic) bond motifs is 6. The molecule has 0 fully saturated rings. The zero-order valence-corrected chi connectivity index (χ0v) is 31.2. The monoisotopic (exact) mass is 734 g/mol. The molecule has 10 aromatic rings. The number of benzene rings is 7. The predicted octanol–water partition coefficient (Wildman–Crippen LogP) is 13.7. The van der Waals surface area contributed by atoms with Crippen molar-refractivity contribution in [3.05, 3.63) is 188 Å². The lowest BCUT2D eigenvalue weighted by atomic mass is 9.97. The number of aromatic nitrogens is 4. The molecular weight excluding hydrogens is 701 g/mol. The maximum atomic E-state index is 4.97. The maximum absolute atomic E-state index is 4.97. The highest BCUT2D eigenvalue weighted by Crippen LogP contribution is 2.44. The second kappa shape index (κ2) is 13.4. The normalized spacial score (nSPS) is 12.9. The molecule has 7 aromatic carbocycles. The largest absolute Gasteiger partial charge is 0.309 e. The zero-order chi connectivity index (χ0) is 37.0. The van der Waals surface area contributed by atoms with Gasteiger partial charge in [-0.3, -0.25) is 0 Å². The van der Waals surface area contributed by atoms with Crippen LogP contribution in [-0.2, 0) is 0 Å². The van der Waals surface area contributed by atoms with Gasteiger partial charge in [0.2, 0.25) is 0 Å². The van der Waals surface area contributed by atoms with Gasteiger partial charge >= 0.3 is 0 Å². The Morgan fingerprint density at radius 1 is 0.429 bits per heavy atom. The van der Waals surface area contributed by atoms with E-state index < -0.39 is 0 Å². The van der Waals surface area contributed by atoms with Crippen LogP contribution in [0.2, 0.25) is 0 Å². The fourth-order valence-corrected chi connectivity index (χ4v) is 9.57. The molecule has 4 nitrogen and oxygen atoms in total. The summed E-state index contributed by atoms with van der Waals surface area (Å²) >= 11 is 1.92. The van der Waals surface area contributed by atoms with Crippen molar-refractivity contribution in [2.24, 2.45) is 0 Å². The third-order valence-electron chi connectivity index (χ3n) is 10.9. The van der Waals surface area contributed by atoms with Gasteiger partial charge in [-0.15, -0.1) is 11.3 Å². The summed E-state index contributed by atoms with van der Waals surface area (Å²) in [6.45, 7) is 0. The lowest BCUT2D eigenvalue weighted by Crippen LogP contribution is -2.00. The Morgan fingerprint density at radius 3 is 1.64 bits per heavy atom. The van der Waals surface area contributed by atoms with Crippen LogP contribution in [0.4, 0.5) is 0 Å². The van der Waals surface area contributed by atoms with Gasteiger partial charge in [0.25, 0.3) is 0 Å². The van der Waals surface area contributed by atoms with E-state index in [0.29, 0.717) is 17.5 Å². The molecule has 0 bridgehead atoms. The third-order valence-corrected chi connectivity index (χ3v) is 12.2. The molecule has 0 saturated heterocycles. The smallest absolute Gasteiger partial charge is 0.164 e. The van der Waals surface area contributed by atoms with E-state index in [1.807, 2.05) is 72.0 Å². The summed E-state index contributed by atoms with van der Waals surface area (Å²) in [4.78, 5) is 14.8. The van der Waals surface area contributed by atoms with E-state index in [4.69, 9.17) is 15.0 Å². The highest BCUT2D eigenvalue weighted by Gasteiger charge is 2.18. The van der Waals surface area contributed by atoms with Crippen LogP contribution < -0.4 is 0 Å². The fraction of sp³-hybridized carbons (Fsp3) is 0.0392. The maximum Gasteiger partial charge on any atom is 0.164 e. The Hall–Kier alpha value is -6.95. The fourth-order valence-electron chi connectivity index (χ4n) is 8.20. The van der Waals surface area contributed by atoms with Crippen molar-refractivity contribution in [1.29, 1.82) is 0 Å². The van der Waals surface area contributed by atoms with Crippen LogP contribution in [0.25, 0.3) is 98.5 Å². The van der Waals surface area contributed by atoms with Crippen LogP contribution >= 0.6 is 11.3 Å². The Bertz CT molecular complexity index is 3110. The summed E-state index contributed by atoms with van der Waals surface area (Å²) in [7, 11) is 0. The molecule has 1 aliphatic rings. The standard InChI is InChI=1S/C51H34N4S/c1-4-14-33(15-5-1)39-21-12-23-43-44-24-13-22-40(48(44)56-47(39)43)37-28-31-42-41-20-10-11-25-45(41)55(46(42)32-37)38-29-26-36(27-30-38)51-53-49(34-16-6-2-7-17-34)52-50(54-51)35-18-8-3-9-19-35/h2-4,6-32H,1,5H2. The van der Waals surface area contributed by atoms with Crippen LogP contribution in [0.1, 0.15) is 18.4 Å². The molecule has 0 N–H and O–H groups in total. The van der Waals surface area contributed by atoms with Gasteiger partial charge in [0.1, 0.15) is 0 Å². The molecule has 0 amide bonds. The van der Waals surface area contributed by atoms with Crippen molar-refractivity contribution >= 4 is 58.9 Å². The molecule has 0 aliphatic heterocycles. The minimum atomic E-state index is 0.643. The molecule has 0 saturated carbocycles. The summed E-state index contributed by atoms with van der Waals surface area (Å²) in [5, 5.41) is 5.09. The number of hydrogen-bond acceptors (Lipinski definition) is 4. The van der Waals surface area contributed by atoms with Gasteiger partial charge in [-0.2, -0.15) is 0 Å². The molecule has 3 aromatic heterocycles. The van der Waals surface area contributed by atoms with E-state index in [1.165, 1.54) is 64.2 Å². The van der Waals surface area contributed by atoms with Gasteiger partial charge in [0.15, 0.2) is 17.5 Å². The van der Waals surface area contributed by atoms with E-state index in [0.717, 1.165) is 35.2 Å². The molecule has 0 unspecified atom stereocenters. The van der Waals surface area contributed by atoms with Crippen LogP contribution in [0.15, 0.2) is 182 Å². The highest BCUT2D eigenvalue weighted by atomic mass is 32.1. The van der Waals surface area contributed by atoms with E-state index in [1.54, 1.807) is 0 Å². The first kappa shape index (κ1) is 32.5. The van der Waals surface area contributed by atoms with Crippen molar-refractivity contribution in [2.75, 3.05) is 0 Å². The van der Waals surface area contributed by atoms with Gasteiger partial charge in [-0.25, -0.2) is 15.0 Å². The van der Waals surface area contributed by atoms with E-state index in [-0.39, 0.29) is 0 Å². The Morgan fingerprint density at radius 2 is 0.982 bits per heavy atom. The first-order valence-electron chi connectivity index (χ1n) is 19.1. The minimum absolute atomic E-state index is 0.643. The lowest BCUT2D eigenvalue weighted by molar-refractivity contribution is 1.04. The van der Waals surface area contributed by atoms with Crippen LogP contribution in [0.5, 0.6) is 0 Å². The molecular formula is C51H34N4S. The Balaban J connectivity index is 1.04. The summed E-state index contributed by atoms with van der Waals surface area (Å²) in [5.41, 5.74) is 11.4. The summed E-state index contributed by atoms with van der Waals surface area (Å²) in [6, 6.07) is 58.1. The van der Waals surface area contributed by atoms with Gasteiger partial charge in [0.05, 0.1) is 11.0 Å². The van der Waals surface area contributed by atoms with Gasteiger partial charge in [-0.05, 0) is 71.5 Å². The highest BCUT2D eigenvalue weighted by molar-refractivity contribution is 7.26. The van der Waals surface area contributed by atoms with Crippen molar-refractivity contribution in [2.45, 2.75) is 12.8 Å². The van der Waals surface area contributed by atoms with Crippen molar-refractivity contribution < 1.29 is 0 Å². The average Bonchev–Trinajstić information content (AvgIpc) is 3.83. The van der Waals surface area contributed by atoms with Crippen molar-refractivity contribution in [1.82, 2.24) is 19.5 Å². The second-order valence-electron chi connectivity index (χ2n) is 14.3. The SMILES string of the molecule is C1=CC(c2cccc3c2sc2c(-c4ccc5c6ccccc6n(-c6ccc(-c7nc(-c8ccccc8)nc(-c8ccccc8)n7)cc6)c5c4)cccc23)=CCC1. The number of para-hydroxylation sites is 1.